The number of oxazole rings is 7. The molecule has 0 saturated carbocycles. The van der Waals surface area contributed by atoms with E-state index >= 15 is 0 Å². The number of hydrogen-bond acceptors (Lipinski definition) is 17. The molecule has 10 heterocycles. The van der Waals surface area contributed by atoms with Crippen molar-refractivity contribution in [3.05, 3.63) is 95.8 Å². The maximum atomic E-state index is 14.3. The van der Waals surface area contributed by atoms with Crippen molar-refractivity contribution in [3.63, 3.8) is 0 Å². The summed E-state index contributed by atoms with van der Waals surface area (Å²) in [4.78, 5) is 62.6. The molecular weight excluding hydrogens is 875 g/mol. The molecule has 8 aromatic rings. The summed E-state index contributed by atoms with van der Waals surface area (Å²) in [5.41, 5.74) is 6.01. The first-order valence-corrected chi connectivity index (χ1v) is 21.2. The fourth-order valence-corrected chi connectivity index (χ4v) is 7.98. The van der Waals surface area contributed by atoms with E-state index in [1.807, 2.05) is 26.8 Å². The third-order valence-corrected chi connectivity index (χ3v) is 11.0. The van der Waals surface area contributed by atoms with Crippen LogP contribution in [0.2, 0.25) is 0 Å². The molecule has 23 heteroatoms. The quantitative estimate of drug-likeness (QED) is 0.0907. The molecule has 0 fully saturated rings. The number of carbonyl (C=O) groups is 2. The highest BCUT2D eigenvalue weighted by molar-refractivity contribution is 6.41. The number of aryl methyl sites for hydroxylation is 2. The van der Waals surface area contributed by atoms with Gasteiger partial charge < -0.3 is 46.0 Å². The van der Waals surface area contributed by atoms with Crippen LogP contribution in [0.3, 0.4) is 0 Å². The number of unbranched alkanes of at least 4 members (excludes halogenated alkanes) is 1. The van der Waals surface area contributed by atoms with E-state index in [4.69, 9.17) is 30.9 Å². The summed E-state index contributed by atoms with van der Waals surface area (Å²) < 4.78 is 69.4. The summed E-state index contributed by atoms with van der Waals surface area (Å²) in [7, 11) is -2.73. The number of aliphatic imine (C=N–C) groups is 1. The molecule has 0 aliphatic carbocycles. The molecule has 8 aromatic heterocycles. The third-order valence-electron chi connectivity index (χ3n) is 11.0. The third kappa shape index (κ3) is 8.57. The summed E-state index contributed by atoms with van der Waals surface area (Å²) >= 11 is 0. The Kier molecular flexibility index (Phi) is 11.2. The fourth-order valence-electron chi connectivity index (χ4n) is 7.98. The van der Waals surface area contributed by atoms with E-state index in [1.165, 1.54) is 43.8 Å². The van der Waals surface area contributed by atoms with Gasteiger partial charge in [-0.2, -0.15) is 0 Å². The topological polar surface area (TPSA) is 258 Å². The molecule has 2 aliphatic heterocycles. The average Bonchev–Trinajstić information content (AvgIpc) is 4.13. The number of amides is 2. The lowest BCUT2D eigenvalue weighted by Crippen LogP contribution is -2.29. The van der Waals surface area contributed by atoms with Crippen LogP contribution in [-0.4, -0.2) is 70.8 Å². The monoisotopic (exact) mass is 913 g/mol. The minimum absolute atomic E-state index is 0.00628. The lowest BCUT2D eigenvalue weighted by Gasteiger charge is -2.16. The van der Waals surface area contributed by atoms with Gasteiger partial charge >= 0.3 is 7.40 Å². The van der Waals surface area contributed by atoms with Crippen molar-refractivity contribution >= 4 is 30.5 Å². The molecule has 2 amide bonds. The van der Waals surface area contributed by atoms with Gasteiger partial charge in [-0.05, 0) is 83.1 Å². The van der Waals surface area contributed by atoms with Crippen LogP contribution in [0.4, 0.5) is 8.63 Å². The Morgan fingerprint density at radius 1 is 0.672 bits per heavy atom. The normalized spacial score (nSPS) is 15.3. The zero-order chi connectivity index (χ0) is 46.3. The van der Waals surface area contributed by atoms with Crippen molar-refractivity contribution in [1.82, 2.24) is 50.0 Å². The number of nitrogens with zero attached hydrogens (tertiary/aromatic N) is 9. The van der Waals surface area contributed by atoms with Crippen molar-refractivity contribution in [2.24, 2.45) is 4.99 Å². The Hall–Kier alpha value is -8.24. The SMILES string of the molecule is CC1=CC(C)=N/C1=C(/CCCC(=O)NCCCC[C@@H]1NC(=O)c2coc(n2)-c2coc(n2)-c2coc(n2)-c2coc(n2)-c2coc(n2)-c2coc(n2)-c2coc1n2)c1c(C)cc(C)n1B(F)F. The summed E-state index contributed by atoms with van der Waals surface area (Å²) in [5.74, 6) is -0.0921. The highest BCUT2D eigenvalue weighted by atomic mass is 19.2. The van der Waals surface area contributed by atoms with Gasteiger partial charge in [0.15, 0.2) is 39.9 Å². The van der Waals surface area contributed by atoms with E-state index in [0.29, 0.717) is 61.3 Å². The zero-order valence-electron chi connectivity index (χ0n) is 36.3. The second kappa shape index (κ2) is 17.6. The van der Waals surface area contributed by atoms with Crippen molar-refractivity contribution in [2.75, 3.05) is 6.54 Å². The number of allylic oxidation sites excluding steroid dienone is 3. The van der Waals surface area contributed by atoms with E-state index in [0.717, 1.165) is 21.3 Å². The van der Waals surface area contributed by atoms with Crippen LogP contribution in [0.5, 0.6) is 0 Å². The van der Waals surface area contributed by atoms with Crippen LogP contribution in [0, 0.1) is 13.8 Å². The van der Waals surface area contributed by atoms with Gasteiger partial charge in [0.2, 0.25) is 47.1 Å². The molecule has 0 radical (unpaired) electrons. The smallest absolute Gasteiger partial charge is 0.446 e. The second-order valence-corrected chi connectivity index (χ2v) is 15.9. The Balaban J connectivity index is 0.830. The first-order chi connectivity index (χ1) is 32.4. The Morgan fingerprint density at radius 3 is 1.67 bits per heavy atom. The van der Waals surface area contributed by atoms with Crippen LogP contribution in [0.1, 0.15) is 91.7 Å². The molecular formula is C44H38BF2N11O9. The molecule has 2 N–H and O–H groups in total. The Bertz CT molecular complexity index is 3250. The summed E-state index contributed by atoms with van der Waals surface area (Å²) in [6.07, 6.45) is 13.5. The molecule has 0 aromatic carbocycles. The maximum absolute atomic E-state index is 14.3. The van der Waals surface area contributed by atoms with Gasteiger partial charge in [0.05, 0.1) is 5.70 Å². The molecule has 340 valence electrons. The van der Waals surface area contributed by atoms with Gasteiger partial charge in [0, 0.05) is 35.6 Å². The Morgan fingerprint density at radius 2 is 1.16 bits per heavy atom. The first-order valence-electron chi connectivity index (χ1n) is 21.2. The number of rotatable bonds is 11. The summed E-state index contributed by atoms with van der Waals surface area (Å²) in [6.45, 7) is 7.57. The van der Waals surface area contributed by atoms with Gasteiger partial charge in [0.1, 0.15) is 49.9 Å². The zero-order valence-corrected chi connectivity index (χ0v) is 36.3. The lowest BCUT2D eigenvalue weighted by molar-refractivity contribution is -0.121. The summed E-state index contributed by atoms with van der Waals surface area (Å²) in [5, 5.41) is 5.88. The highest BCUT2D eigenvalue weighted by Gasteiger charge is 2.30. The van der Waals surface area contributed by atoms with Crippen LogP contribution in [0.25, 0.3) is 75.1 Å². The predicted octanol–water partition coefficient (Wildman–Crippen LogP) is 8.87. The van der Waals surface area contributed by atoms with Crippen molar-refractivity contribution < 1.29 is 49.1 Å². The van der Waals surface area contributed by atoms with Crippen LogP contribution < -0.4 is 10.6 Å². The van der Waals surface area contributed by atoms with E-state index in [2.05, 4.69) is 50.5 Å². The van der Waals surface area contributed by atoms with E-state index < -0.39 is 19.4 Å². The molecule has 0 saturated heterocycles. The van der Waals surface area contributed by atoms with Crippen molar-refractivity contribution in [1.29, 1.82) is 0 Å². The molecule has 20 nitrogen and oxygen atoms in total. The molecule has 1 atom stereocenters. The van der Waals surface area contributed by atoms with Gasteiger partial charge in [-0.15, -0.1) is 0 Å². The van der Waals surface area contributed by atoms with E-state index in [9.17, 15) is 18.2 Å². The number of fused-ring (bicyclic) bond motifs is 20. The van der Waals surface area contributed by atoms with E-state index in [1.54, 1.807) is 13.0 Å². The number of hydrogen-bond donors (Lipinski definition) is 2. The Labute approximate surface area is 377 Å². The highest BCUT2D eigenvalue weighted by Crippen LogP contribution is 2.36. The molecule has 2 aliphatic rings. The second-order valence-electron chi connectivity index (χ2n) is 15.9. The number of carbonyl (C=O) groups excluding carboxylic acids is 2. The van der Waals surface area contributed by atoms with Crippen molar-refractivity contribution in [3.8, 4) is 69.5 Å². The maximum Gasteiger partial charge on any atom is 0.677 e. The van der Waals surface area contributed by atoms with Crippen molar-refractivity contribution in [2.45, 2.75) is 72.3 Å². The largest absolute Gasteiger partial charge is 0.677 e. The minimum Gasteiger partial charge on any atom is -0.446 e. The lowest BCUT2D eigenvalue weighted by atomic mass is 9.96. The fraction of sp³-hybridized carbons (Fsp3) is 0.273. The molecule has 67 heavy (non-hydrogen) atoms. The van der Waals surface area contributed by atoms with E-state index in [-0.39, 0.29) is 93.4 Å². The van der Waals surface area contributed by atoms with Crippen LogP contribution in [0.15, 0.2) is 103 Å². The number of aromatic nitrogens is 8. The van der Waals surface area contributed by atoms with Gasteiger partial charge in [-0.1, -0.05) is 0 Å². The molecule has 14 bridgehead atoms. The standard InChI is InChI=1S/C44H38BF2N11O9/c1-21-12-23(3)49-35(21)25(36-22(2)13-24(4)58(36)45(46)47)8-7-10-34(59)48-11-6-5-9-26-38-52-29(15-62-38)40-54-31(17-64-40)42-56-33(19-66-42)44-57-32(20-67-44)43-55-30(18-65-43)41-53-28(16-63-41)39-51-27(14-61-39)37(60)50-26/h12-20,26H,5-11H2,1-4H3,(H,48,59)(H,50,60)/b35-25-/t26-/m0/s1. The van der Waals surface area contributed by atoms with Gasteiger partial charge in [-0.25, -0.2) is 34.9 Å². The molecule has 0 unspecified atom stereocenters. The minimum atomic E-state index is -2.73. The number of halogens is 2. The number of nitrogens with one attached hydrogen (secondary N) is 2. The average molecular weight is 914 g/mol. The van der Waals surface area contributed by atoms with Gasteiger partial charge in [0.25, 0.3) is 5.91 Å². The molecule has 10 rings (SSSR count). The molecule has 0 spiro atoms. The van der Waals surface area contributed by atoms with Gasteiger partial charge in [-0.3, -0.25) is 23.2 Å². The van der Waals surface area contributed by atoms with Crippen LogP contribution >= 0.6 is 0 Å². The predicted molar refractivity (Wildman–Crippen MR) is 231 cm³/mol. The summed E-state index contributed by atoms with van der Waals surface area (Å²) in [6, 6.07) is 0.963. The first kappa shape index (κ1) is 42.7. The van der Waals surface area contributed by atoms with Crippen LogP contribution in [-0.2, 0) is 4.79 Å².